The van der Waals surface area contributed by atoms with Crippen molar-refractivity contribution in [1.82, 2.24) is 14.9 Å². The highest BCUT2D eigenvalue weighted by Crippen LogP contribution is 2.29. The molecule has 4 rings (SSSR count). The summed E-state index contributed by atoms with van der Waals surface area (Å²) in [5, 5.41) is 3.06. The van der Waals surface area contributed by atoms with E-state index < -0.39 is 0 Å². The zero-order valence-electron chi connectivity index (χ0n) is 16.1. The molecule has 0 amide bonds. The Balaban J connectivity index is 1.38. The molecule has 7 nitrogen and oxygen atoms in total. The number of piperazine rings is 1. The number of Topliss-reactive ketones (excluding diaryl/α,β-unsaturated/α-hetero) is 1. The van der Waals surface area contributed by atoms with Gasteiger partial charge in [0.2, 0.25) is 5.95 Å². The van der Waals surface area contributed by atoms with Crippen molar-refractivity contribution < 1.29 is 4.79 Å². The molecule has 1 aliphatic heterocycles. The van der Waals surface area contributed by atoms with Gasteiger partial charge in [-0.1, -0.05) is 0 Å². The van der Waals surface area contributed by atoms with Crippen LogP contribution in [0.3, 0.4) is 0 Å². The van der Waals surface area contributed by atoms with Gasteiger partial charge in [0.15, 0.2) is 5.78 Å². The van der Waals surface area contributed by atoms with E-state index in [1.807, 2.05) is 54.7 Å². The summed E-state index contributed by atoms with van der Waals surface area (Å²) in [4.78, 5) is 28.8. The van der Waals surface area contributed by atoms with Gasteiger partial charge in [-0.25, -0.2) is 4.98 Å². The first kappa shape index (κ1) is 18.6. The first-order valence-electron chi connectivity index (χ1n) is 9.30. The Labute approximate surface area is 168 Å². The second-order valence-corrected chi connectivity index (χ2v) is 8.07. The van der Waals surface area contributed by atoms with Crippen LogP contribution < -0.4 is 15.5 Å². The van der Waals surface area contributed by atoms with E-state index in [1.54, 1.807) is 11.3 Å². The zero-order valence-corrected chi connectivity index (χ0v) is 16.9. The van der Waals surface area contributed by atoms with Gasteiger partial charge in [-0.15, -0.1) is 11.3 Å². The molecule has 2 aromatic heterocycles. The van der Waals surface area contributed by atoms with E-state index in [9.17, 15) is 4.79 Å². The Hall–Kier alpha value is -2.71. The molecule has 0 unspecified atom stereocenters. The Morgan fingerprint density at radius 3 is 2.50 bits per heavy atom. The molecule has 0 aliphatic carbocycles. The molecule has 0 spiro atoms. The third kappa shape index (κ3) is 3.79. The molecule has 3 aromatic rings. The molecular formula is C20H24N6OS. The number of rotatable bonds is 5. The topological polar surface area (TPSA) is 78.6 Å². The smallest absolute Gasteiger partial charge is 0.223 e. The van der Waals surface area contributed by atoms with Gasteiger partial charge in [-0.2, -0.15) is 4.98 Å². The monoisotopic (exact) mass is 396 g/mol. The SMILES string of the molecule is CN(C)c1ccc(C(=O)CN2CCN(c3nc(N)nc4sccc34)CC2)cc1. The summed E-state index contributed by atoms with van der Waals surface area (Å²) in [6.45, 7) is 3.70. The molecule has 8 heteroatoms. The molecule has 1 fully saturated rings. The van der Waals surface area contributed by atoms with Crippen LogP contribution in [-0.4, -0.2) is 67.5 Å². The summed E-state index contributed by atoms with van der Waals surface area (Å²) in [6, 6.07) is 9.82. The molecule has 0 bridgehead atoms. The lowest BCUT2D eigenvalue weighted by atomic mass is 10.1. The normalized spacial score (nSPS) is 15.1. The van der Waals surface area contributed by atoms with Crippen molar-refractivity contribution in [2.45, 2.75) is 0 Å². The third-order valence-electron chi connectivity index (χ3n) is 5.07. The fourth-order valence-corrected chi connectivity index (χ4v) is 4.22. The maximum Gasteiger partial charge on any atom is 0.223 e. The van der Waals surface area contributed by atoms with Gasteiger partial charge in [0.1, 0.15) is 10.6 Å². The van der Waals surface area contributed by atoms with Crippen LogP contribution in [0.5, 0.6) is 0 Å². The number of hydrogen-bond donors (Lipinski definition) is 1. The van der Waals surface area contributed by atoms with Crippen molar-refractivity contribution in [1.29, 1.82) is 0 Å². The lowest BCUT2D eigenvalue weighted by Crippen LogP contribution is -2.48. The standard InChI is InChI=1S/C20H24N6OS/c1-24(2)15-5-3-14(4-6-15)17(27)13-25-8-10-26(11-9-25)18-16-7-12-28-19(16)23-20(21)22-18/h3-7,12H,8-11,13H2,1-2H3,(H2,21,22,23). The highest BCUT2D eigenvalue weighted by atomic mass is 32.1. The average molecular weight is 397 g/mol. The number of carbonyl (C=O) groups excluding carboxylic acids is 1. The van der Waals surface area contributed by atoms with Crippen molar-refractivity contribution in [2.24, 2.45) is 0 Å². The second-order valence-electron chi connectivity index (χ2n) is 7.17. The average Bonchev–Trinajstić information content (AvgIpc) is 3.16. The first-order chi connectivity index (χ1) is 13.5. The maximum absolute atomic E-state index is 12.6. The van der Waals surface area contributed by atoms with Crippen LogP contribution in [0.15, 0.2) is 35.7 Å². The van der Waals surface area contributed by atoms with E-state index in [-0.39, 0.29) is 5.78 Å². The van der Waals surface area contributed by atoms with Gasteiger partial charge in [0, 0.05) is 51.5 Å². The first-order valence-corrected chi connectivity index (χ1v) is 10.2. The zero-order chi connectivity index (χ0) is 19.7. The van der Waals surface area contributed by atoms with Crippen LogP contribution in [0, 0.1) is 0 Å². The Morgan fingerprint density at radius 2 is 1.82 bits per heavy atom. The van der Waals surface area contributed by atoms with Gasteiger partial charge < -0.3 is 15.5 Å². The number of nitrogen functional groups attached to an aromatic ring is 1. The summed E-state index contributed by atoms with van der Waals surface area (Å²) in [5.74, 6) is 1.36. The number of benzene rings is 1. The molecule has 0 atom stereocenters. The second kappa shape index (κ2) is 7.73. The van der Waals surface area contributed by atoms with Crippen molar-refractivity contribution in [3.05, 3.63) is 41.3 Å². The minimum Gasteiger partial charge on any atom is -0.378 e. The van der Waals surface area contributed by atoms with E-state index in [0.29, 0.717) is 12.5 Å². The predicted molar refractivity (Wildman–Crippen MR) is 116 cm³/mol. The number of fused-ring (bicyclic) bond motifs is 1. The summed E-state index contributed by atoms with van der Waals surface area (Å²) in [7, 11) is 3.98. The molecule has 28 heavy (non-hydrogen) atoms. The fourth-order valence-electron chi connectivity index (χ4n) is 3.45. The molecule has 2 N–H and O–H groups in total. The van der Waals surface area contributed by atoms with E-state index in [4.69, 9.17) is 5.73 Å². The quantitative estimate of drug-likeness (QED) is 0.663. The molecule has 146 valence electrons. The molecule has 0 radical (unpaired) electrons. The van der Waals surface area contributed by atoms with Crippen molar-refractivity contribution in [3.63, 3.8) is 0 Å². The molecule has 1 saturated heterocycles. The minimum atomic E-state index is 0.158. The number of aromatic nitrogens is 2. The van der Waals surface area contributed by atoms with Gasteiger partial charge in [-0.3, -0.25) is 9.69 Å². The van der Waals surface area contributed by atoms with E-state index >= 15 is 0 Å². The maximum atomic E-state index is 12.6. The Morgan fingerprint density at radius 1 is 1.11 bits per heavy atom. The Kier molecular flexibility index (Phi) is 5.15. The predicted octanol–water partition coefficient (Wildman–Crippen LogP) is 2.34. The van der Waals surface area contributed by atoms with Crippen LogP contribution in [0.1, 0.15) is 10.4 Å². The fraction of sp³-hybridized carbons (Fsp3) is 0.350. The van der Waals surface area contributed by atoms with Crippen LogP contribution in [0.2, 0.25) is 0 Å². The highest BCUT2D eigenvalue weighted by Gasteiger charge is 2.22. The third-order valence-corrected chi connectivity index (χ3v) is 5.87. The van der Waals surface area contributed by atoms with Gasteiger partial charge >= 0.3 is 0 Å². The van der Waals surface area contributed by atoms with E-state index in [0.717, 1.165) is 53.5 Å². The number of nitrogens with two attached hydrogens (primary N) is 1. The molecule has 0 saturated carbocycles. The highest BCUT2D eigenvalue weighted by molar-refractivity contribution is 7.16. The van der Waals surface area contributed by atoms with Crippen molar-refractivity contribution in [2.75, 3.05) is 62.4 Å². The van der Waals surface area contributed by atoms with E-state index in [2.05, 4.69) is 19.8 Å². The lowest BCUT2D eigenvalue weighted by Gasteiger charge is -2.35. The van der Waals surface area contributed by atoms with Gasteiger partial charge in [0.05, 0.1) is 11.9 Å². The van der Waals surface area contributed by atoms with Crippen LogP contribution in [-0.2, 0) is 0 Å². The van der Waals surface area contributed by atoms with Gasteiger partial charge in [0.25, 0.3) is 0 Å². The van der Waals surface area contributed by atoms with Crippen LogP contribution >= 0.6 is 11.3 Å². The number of anilines is 3. The lowest BCUT2D eigenvalue weighted by molar-refractivity contribution is 0.0926. The number of carbonyl (C=O) groups is 1. The van der Waals surface area contributed by atoms with Crippen LogP contribution in [0.4, 0.5) is 17.5 Å². The summed E-state index contributed by atoms with van der Waals surface area (Å²) in [5.41, 5.74) is 7.73. The summed E-state index contributed by atoms with van der Waals surface area (Å²) >= 11 is 1.57. The molecular weight excluding hydrogens is 372 g/mol. The minimum absolute atomic E-state index is 0.158. The molecule has 1 aliphatic rings. The summed E-state index contributed by atoms with van der Waals surface area (Å²) < 4.78 is 0. The number of thiophene rings is 1. The van der Waals surface area contributed by atoms with E-state index in [1.165, 1.54) is 0 Å². The number of hydrogen-bond acceptors (Lipinski definition) is 8. The largest absolute Gasteiger partial charge is 0.378 e. The number of nitrogens with zero attached hydrogens (tertiary/aromatic N) is 5. The van der Waals surface area contributed by atoms with Crippen molar-refractivity contribution in [3.8, 4) is 0 Å². The van der Waals surface area contributed by atoms with Crippen LogP contribution in [0.25, 0.3) is 10.2 Å². The summed E-state index contributed by atoms with van der Waals surface area (Å²) in [6.07, 6.45) is 0. The number of ketones is 1. The molecule has 3 heterocycles. The van der Waals surface area contributed by atoms with Crippen molar-refractivity contribution >= 4 is 44.8 Å². The molecule has 1 aromatic carbocycles. The van der Waals surface area contributed by atoms with Gasteiger partial charge in [-0.05, 0) is 35.7 Å². The Bertz CT molecular complexity index is 976.